The number of hydrogen-bond donors (Lipinski definition) is 0. The van der Waals surface area contributed by atoms with E-state index in [1.165, 1.54) is 0 Å². The Labute approximate surface area is 147 Å². The summed E-state index contributed by atoms with van der Waals surface area (Å²) in [5.41, 5.74) is 0.808. The molecule has 1 aromatic heterocycles. The van der Waals surface area contributed by atoms with Crippen LogP contribution in [0.15, 0.2) is 6.07 Å². The van der Waals surface area contributed by atoms with Crippen molar-refractivity contribution in [3.05, 3.63) is 17.6 Å². The van der Waals surface area contributed by atoms with Gasteiger partial charge < -0.3 is 19.4 Å². The molecule has 136 valence electrons. The van der Waals surface area contributed by atoms with Gasteiger partial charge in [-0.1, -0.05) is 0 Å². The maximum Gasteiger partial charge on any atom is 0.219 e. The van der Waals surface area contributed by atoms with E-state index in [1.807, 2.05) is 17.9 Å². The first kappa shape index (κ1) is 17.6. The zero-order valence-corrected chi connectivity index (χ0v) is 15.1. The lowest BCUT2D eigenvalue weighted by Crippen LogP contribution is -2.48. The van der Waals surface area contributed by atoms with Crippen molar-refractivity contribution in [3.63, 3.8) is 0 Å². The molecule has 0 spiro atoms. The topological polar surface area (TPSA) is 78.9 Å². The molecule has 3 heterocycles. The van der Waals surface area contributed by atoms with Gasteiger partial charge in [-0.3, -0.25) is 9.59 Å². The van der Waals surface area contributed by atoms with E-state index in [-0.39, 0.29) is 17.9 Å². The Morgan fingerprint density at radius 2 is 1.72 bits per heavy atom. The average Bonchev–Trinajstić information content (AvgIpc) is 2.61. The predicted octanol–water partition coefficient (Wildman–Crippen LogP) is 0.373. The van der Waals surface area contributed by atoms with Gasteiger partial charge in [0.05, 0.1) is 18.8 Å². The molecule has 0 radical (unpaired) electrons. The van der Waals surface area contributed by atoms with Gasteiger partial charge in [-0.25, -0.2) is 9.97 Å². The number of nitrogens with zero attached hydrogens (tertiary/aromatic N) is 5. The normalized spacial score (nSPS) is 21.4. The van der Waals surface area contributed by atoms with Gasteiger partial charge in [0.25, 0.3) is 0 Å². The molecule has 2 fully saturated rings. The summed E-state index contributed by atoms with van der Waals surface area (Å²) < 4.78 is 5.83. The third kappa shape index (κ3) is 4.07. The molecule has 2 saturated heterocycles. The third-order valence-corrected chi connectivity index (χ3v) is 4.73. The van der Waals surface area contributed by atoms with E-state index in [2.05, 4.69) is 14.9 Å². The smallest absolute Gasteiger partial charge is 0.219 e. The number of rotatable bonds is 2. The molecule has 25 heavy (non-hydrogen) atoms. The maximum atomic E-state index is 11.6. The maximum absolute atomic E-state index is 11.6. The molecular formula is C17H25N5O3. The number of carbonyl (C=O) groups is 2. The molecular weight excluding hydrogens is 322 g/mol. The SMILES string of the molecule is CC(=O)N1CCN(c2cc([C@H]3CN(C(C)=O)CCO3)nc(C)n2)CC1. The first-order chi connectivity index (χ1) is 11.9. The average molecular weight is 347 g/mol. The highest BCUT2D eigenvalue weighted by Gasteiger charge is 2.26. The van der Waals surface area contributed by atoms with Crippen molar-refractivity contribution in [2.24, 2.45) is 0 Å². The van der Waals surface area contributed by atoms with E-state index in [0.717, 1.165) is 24.6 Å². The number of piperazine rings is 1. The summed E-state index contributed by atoms with van der Waals surface area (Å²) >= 11 is 0. The van der Waals surface area contributed by atoms with Gasteiger partial charge in [0.1, 0.15) is 17.7 Å². The largest absolute Gasteiger partial charge is 0.368 e. The standard InChI is InChI=1S/C17H25N5O3/c1-12-18-15(16-11-22(14(3)24)8-9-25-16)10-17(19-12)21-6-4-20(5-7-21)13(2)23/h10,16H,4-9,11H2,1-3H3/t16-/m1/s1. The summed E-state index contributed by atoms with van der Waals surface area (Å²) in [4.78, 5) is 38.0. The van der Waals surface area contributed by atoms with Crippen LogP contribution < -0.4 is 4.90 Å². The number of aryl methyl sites for hydroxylation is 1. The minimum absolute atomic E-state index is 0.0552. The van der Waals surface area contributed by atoms with Crippen LogP contribution in [0.4, 0.5) is 5.82 Å². The first-order valence-corrected chi connectivity index (χ1v) is 8.67. The molecule has 0 bridgehead atoms. The van der Waals surface area contributed by atoms with E-state index in [1.54, 1.807) is 18.7 Å². The number of anilines is 1. The lowest BCUT2D eigenvalue weighted by atomic mass is 10.2. The van der Waals surface area contributed by atoms with Crippen LogP contribution in [0, 0.1) is 6.92 Å². The van der Waals surface area contributed by atoms with Gasteiger partial charge >= 0.3 is 0 Å². The van der Waals surface area contributed by atoms with Crippen LogP contribution in [-0.4, -0.2) is 77.5 Å². The van der Waals surface area contributed by atoms with Gasteiger partial charge in [-0.15, -0.1) is 0 Å². The Hall–Kier alpha value is -2.22. The monoisotopic (exact) mass is 347 g/mol. The Morgan fingerprint density at radius 1 is 1.04 bits per heavy atom. The van der Waals surface area contributed by atoms with Crippen molar-refractivity contribution in [2.45, 2.75) is 26.9 Å². The minimum Gasteiger partial charge on any atom is -0.368 e. The zero-order chi connectivity index (χ0) is 18.0. The molecule has 0 aromatic carbocycles. The zero-order valence-electron chi connectivity index (χ0n) is 15.1. The predicted molar refractivity (Wildman–Crippen MR) is 92.2 cm³/mol. The molecule has 2 amide bonds. The van der Waals surface area contributed by atoms with Crippen LogP contribution in [0.5, 0.6) is 0 Å². The summed E-state index contributed by atoms with van der Waals surface area (Å²) in [5, 5.41) is 0. The number of carbonyl (C=O) groups excluding carboxylic acids is 2. The lowest BCUT2D eigenvalue weighted by molar-refractivity contribution is -0.136. The van der Waals surface area contributed by atoms with Crippen molar-refractivity contribution in [1.82, 2.24) is 19.8 Å². The van der Waals surface area contributed by atoms with Crippen molar-refractivity contribution >= 4 is 17.6 Å². The molecule has 0 saturated carbocycles. The van der Waals surface area contributed by atoms with Crippen LogP contribution in [-0.2, 0) is 14.3 Å². The second-order valence-electron chi connectivity index (χ2n) is 6.52. The van der Waals surface area contributed by atoms with Gasteiger partial charge in [0.15, 0.2) is 0 Å². The van der Waals surface area contributed by atoms with Crippen molar-refractivity contribution in [2.75, 3.05) is 50.8 Å². The second-order valence-corrected chi connectivity index (χ2v) is 6.52. The number of ether oxygens (including phenoxy) is 1. The van der Waals surface area contributed by atoms with E-state index in [0.29, 0.717) is 38.6 Å². The highest BCUT2D eigenvalue weighted by molar-refractivity contribution is 5.73. The first-order valence-electron chi connectivity index (χ1n) is 8.67. The van der Waals surface area contributed by atoms with E-state index < -0.39 is 0 Å². The molecule has 2 aliphatic heterocycles. The van der Waals surface area contributed by atoms with Crippen LogP contribution in [0.1, 0.15) is 31.5 Å². The Morgan fingerprint density at radius 3 is 2.36 bits per heavy atom. The lowest BCUT2D eigenvalue weighted by Gasteiger charge is -2.36. The Balaban J connectivity index is 1.75. The molecule has 1 atom stereocenters. The molecule has 8 nitrogen and oxygen atoms in total. The molecule has 0 unspecified atom stereocenters. The molecule has 0 N–H and O–H groups in total. The van der Waals surface area contributed by atoms with E-state index in [9.17, 15) is 9.59 Å². The fourth-order valence-corrected chi connectivity index (χ4v) is 3.27. The highest BCUT2D eigenvalue weighted by atomic mass is 16.5. The highest BCUT2D eigenvalue weighted by Crippen LogP contribution is 2.24. The Bertz CT molecular complexity index is 658. The van der Waals surface area contributed by atoms with Crippen LogP contribution >= 0.6 is 0 Å². The molecule has 2 aliphatic rings. The fraction of sp³-hybridized carbons (Fsp3) is 0.647. The van der Waals surface area contributed by atoms with Crippen LogP contribution in [0.25, 0.3) is 0 Å². The van der Waals surface area contributed by atoms with Gasteiger partial charge in [-0.05, 0) is 6.92 Å². The van der Waals surface area contributed by atoms with Crippen molar-refractivity contribution in [1.29, 1.82) is 0 Å². The number of morpholine rings is 1. The minimum atomic E-state index is -0.225. The molecule has 0 aliphatic carbocycles. The summed E-state index contributed by atoms with van der Waals surface area (Å²) in [6.45, 7) is 9.60. The molecule has 8 heteroatoms. The summed E-state index contributed by atoms with van der Waals surface area (Å²) in [6.07, 6.45) is -0.225. The fourth-order valence-electron chi connectivity index (χ4n) is 3.27. The van der Waals surface area contributed by atoms with Gasteiger partial charge in [0.2, 0.25) is 11.8 Å². The van der Waals surface area contributed by atoms with Crippen LogP contribution in [0.2, 0.25) is 0 Å². The number of aromatic nitrogens is 2. The summed E-state index contributed by atoms with van der Waals surface area (Å²) in [7, 11) is 0. The number of amides is 2. The van der Waals surface area contributed by atoms with Crippen LogP contribution in [0.3, 0.4) is 0 Å². The summed E-state index contributed by atoms with van der Waals surface area (Å²) in [5.74, 6) is 1.71. The quantitative estimate of drug-likeness (QED) is 0.769. The van der Waals surface area contributed by atoms with Gasteiger partial charge in [0, 0.05) is 52.6 Å². The van der Waals surface area contributed by atoms with Crippen molar-refractivity contribution < 1.29 is 14.3 Å². The molecule has 3 rings (SSSR count). The van der Waals surface area contributed by atoms with E-state index in [4.69, 9.17) is 4.74 Å². The van der Waals surface area contributed by atoms with E-state index >= 15 is 0 Å². The Kier molecular flexibility index (Phi) is 5.17. The van der Waals surface area contributed by atoms with Gasteiger partial charge in [-0.2, -0.15) is 0 Å². The summed E-state index contributed by atoms with van der Waals surface area (Å²) in [6, 6.07) is 1.95. The second kappa shape index (κ2) is 7.35. The third-order valence-electron chi connectivity index (χ3n) is 4.73. The van der Waals surface area contributed by atoms with Crippen molar-refractivity contribution in [3.8, 4) is 0 Å². The molecule has 1 aromatic rings. The number of hydrogen-bond acceptors (Lipinski definition) is 6.